The van der Waals surface area contributed by atoms with Crippen LogP contribution in [-0.2, 0) is 6.54 Å². The van der Waals surface area contributed by atoms with Crippen LogP contribution in [-0.4, -0.2) is 55.5 Å². The predicted octanol–water partition coefficient (Wildman–Crippen LogP) is 3.33. The first-order valence-corrected chi connectivity index (χ1v) is 9.06. The van der Waals surface area contributed by atoms with Gasteiger partial charge in [-0.2, -0.15) is 0 Å². The summed E-state index contributed by atoms with van der Waals surface area (Å²) in [7, 11) is 3.83. The van der Waals surface area contributed by atoms with E-state index in [4.69, 9.17) is 0 Å². The molecular weight excluding hydrogens is 430 g/mol. The van der Waals surface area contributed by atoms with Gasteiger partial charge in [-0.3, -0.25) is 9.89 Å². The molecule has 2 saturated carbocycles. The van der Waals surface area contributed by atoms with E-state index in [-0.39, 0.29) is 29.8 Å². The Balaban J connectivity index is 0.00000225. The van der Waals surface area contributed by atoms with Crippen LogP contribution in [0.25, 0.3) is 0 Å². The van der Waals surface area contributed by atoms with Crippen molar-refractivity contribution in [1.29, 1.82) is 0 Å². The van der Waals surface area contributed by atoms with E-state index in [1.165, 1.54) is 44.4 Å². The van der Waals surface area contributed by atoms with Gasteiger partial charge in [0, 0.05) is 46.3 Å². The molecule has 0 atom stereocenters. The van der Waals surface area contributed by atoms with Crippen molar-refractivity contribution in [1.82, 2.24) is 15.1 Å². The van der Waals surface area contributed by atoms with E-state index >= 15 is 0 Å². The maximum absolute atomic E-state index is 13.0. The second-order valence-electron chi connectivity index (χ2n) is 7.13. The zero-order chi connectivity index (χ0) is 16.9. The van der Waals surface area contributed by atoms with E-state index in [0.717, 1.165) is 36.6 Å². The van der Waals surface area contributed by atoms with Crippen LogP contribution in [0.15, 0.2) is 29.3 Å². The number of aliphatic imine (C=N–C) groups is 1. The zero-order valence-electron chi connectivity index (χ0n) is 15.2. The predicted molar refractivity (Wildman–Crippen MR) is 112 cm³/mol. The van der Waals surface area contributed by atoms with Crippen molar-refractivity contribution in [3.05, 3.63) is 35.6 Å². The standard InChI is InChI=1S/C19H29FN4.HI/c1-21-19(23(2)13-15-5-7-17(20)8-6-15)22-11-12-24(18-9-10-18)14-16-3-4-16;/h5-8,16,18H,3-4,9-14H2,1-2H3,(H,21,22);1H. The molecular formula is C19H30FIN4. The summed E-state index contributed by atoms with van der Waals surface area (Å²) in [5.41, 5.74) is 1.08. The van der Waals surface area contributed by atoms with Crippen LogP contribution in [0.4, 0.5) is 4.39 Å². The lowest BCUT2D eigenvalue weighted by Gasteiger charge is -2.25. The zero-order valence-corrected chi connectivity index (χ0v) is 17.6. The molecule has 140 valence electrons. The third-order valence-electron chi connectivity index (χ3n) is 4.84. The van der Waals surface area contributed by atoms with Crippen LogP contribution in [0.5, 0.6) is 0 Å². The number of rotatable bonds is 8. The van der Waals surface area contributed by atoms with Gasteiger partial charge >= 0.3 is 0 Å². The van der Waals surface area contributed by atoms with E-state index in [1.807, 2.05) is 26.2 Å². The van der Waals surface area contributed by atoms with Crippen molar-refractivity contribution in [3.8, 4) is 0 Å². The molecule has 0 aromatic heterocycles. The summed E-state index contributed by atoms with van der Waals surface area (Å²) in [6, 6.07) is 7.48. The van der Waals surface area contributed by atoms with Gasteiger partial charge < -0.3 is 10.2 Å². The molecule has 4 nitrogen and oxygen atoms in total. The Morgan fingerprint density at radius 3 is 2.44 bits per heavy atom. The number of guanidine groups is 1. The first-order chi connectivity index (χ1) is 11.7. The fraction of sp³-hybridized carbons (Fsp3) is 0.632. The summed E-state index contributed by atoms with van der Waals surface area (Å²) < 4.78 is 13.0. The van der Waals surface area contributed by atoms with Crippen molar-refractivity contribution in [2.45, 2.75) is 38.3 Å². The highest BCUT2D eigenvalue weighted by Gasteiger charge is 2.33. The Bertz CT molecular complexity index is 555. The smallest absolute Gasteiger partial charge is 0.193 e. The first-order valence-electron chi connectivity index (χ1n) is 9.06. The maximum Gasteiger partial charge on any atom is 0.193 e. The third-order valence-corrected chi connectivity index (χ3v) is 4.84. The molecule has 6 heteroatoms. The van der Waals surface area contributed by atoms with Crippen LogP contribution in [0.1, 0.15) is 31.2 Å². The highest BCUT2D eigenvalue weighted by atomic mass is 127. The van der Waals surface area contributed by atoms with Gasteiger partial charge in [0.05, 0.1) is 0 Å². The van der Waals surface area contributed by atoms with Crippen molar-refractivity contribution in [2.24, 2.45) is 10.9 Å². The highest BCUT2D eigenvalue weighted by Crippen LogP contribution is 2.34. The van der Waals surface area contributed by atoms with Gasteiger partial charge in [-0.25, -0.2) is 4.39 Å². The molecule has 0 aliphatic heterocycles. The summed E-state index contributed by atoms with van der Waals surface area (Å²) in [5, 5.41) is 3.47. The summed E-state index contributed by atoms with van der Waals surface area (Å²) in [6.07, 6.45) is 5.56. The number of nitrogens with one attached hydrogen (secondary N) is 1. The summed E-state index contributed by atoms with van der Waals surface area (Å²) in [6.45, 7) is 4.00. The van der Waals surface area contributed by atoms with Gasteiger partial charge in [-0.05, 0) is 49.3 Å². The van der Waals surface area contributed by atoms with Crippen LogP contribution in [0, 0.1) is 11.7 Å². The lowest BCUT2D eigenvalue weighted by atomic mass is 10.2. The fourth-order valence-corrected chi connectivity index (χ4v) is 3.13. The molecule has 0 heterocycles. The fourth-order valence-electron chi connectivity index (χ4n) is 3.13. The Morgan fingerprint density at radius 2 is 1.88 bits per heavy atom. The van der Waals surface area contributed by atoms with E-state index in [2.05, 4.69) is 20.1 Å². The SMILES string of the molecule is CN=C(NCCN(CC1CC1)C1CC1)N(C)Cc1ccc(F)cc1.I. The number of nitrogens with zero attached hydrogens (tertiary/aromatic N) is 3. The summed E-state index contributed by atoms with van der Waals surface area (Å²) >= 11 is 0. The molecule has 2 aliphatic rings. The Morgan fingerprint density at radius 1 is 1.20 bits per heavy atom. The molecule has 0 saturated heterocycles. The average Bonchev–Trinajstić information content (AvgIpc) is 3.46. The quantitative estimate of drug-likeness (QED) is 0.367. The van der Waals surface area contributed by atoms with Gasteiger partial charge in [0.2, 0.25) is 0 Å². The van der Waals surface area contributed by atoms with Crippen molar-refractivity contribution >= 4 is 29.9 Å². The molecule has 2 aliphatic carbocycles. The molecule has 0 bridgehead atoms. The molecule has 2 fully saturated rings. The molecule has 0 amide bonds. The lowest BCUT2D eigenvalue weighted by Crippen LogP contribution is -2.43. The number of halogens is 2. The monoisotopic (exact) mass is 460 g/mol. The van der Waals surface area contributed by atoms with Gasteiger partial charge in [0.25, 0.3) is 0 Å². The van der Waals surface area contributed by atoms with Crippen molar-refractivity contribution in [3.63, 3.8) is 0 Å². The second-order valence-corrected chi connectivity index (χ2v) is 7.13. The Labute approximate surface area is 167 Å². The minimum absolute atomic E-state index is 0. The molecule has 25 heavy (non-hydrogen) atoms. The summed E-state index contributed by atoms with van der Waals surface area (Å²) in [4.78, 5) is 9.10. The lowest BCUT2D eigenvalue weighted by molar-refractivity contribution is 0.255. The average molecular weight is 460 g/mol. The van der Waals surface area contributed by atoms with E-state index in [9.17, 15) is 4.39 Å². The number of benzene rings is 1. The highest BCUT2D eigenvalue weighted by molar-refractivity contribution is 14.0. The first kappa shape index (κ1) is 20.4. The summed E-state index contributed by atoms with van der Waals surface area (Å²) in [5.74, 6) is 1.65. The topological polar surface area (TPSA) is 30.9 Å². The number of hydrogen-bond donors (Lipinski definition) is 1. The van der Waals surface area contributed by atoms with Gasteiger partial charge in [0.1, 0.15) is 5.82 Å². The largest absolute Gasteiger partial charge is 0.355 e. The molecule has 1 aromatic carbocycles. The van der Waals surface area contributed by atoms with Crippen LogP contribution in [0.2, 0.25) is 0 Å². The maximum atomic E-state index is 13.0. The van der Waals surface area contributed by atoms with Gasteiger partial charge in [0.15, 0.2) is 5.96 Å². The molecule has 3 rings (SSSR count). The second kappa shape index (κ2) is 9.71. The van der Waals surface area contributed by atoms with E-state index < -0.39 is 0 Å². The van der Waals surface area contributed by atoms with Gasteiger partial charge in [-0.1, -0.05) is 12.1 Å². The Hall–Kier alpha value is -0.890. The van der Waals surface area contributed by atoms with Crippen molar-refractivity contribution < 1.29 is 4.39 Å². The van der Waals surface area contributed by atoms with Crippen LogP contribution < -0.4 is 5.32 Å². The van der Waals surface area contributed by atoms with E-state index in [1.54, 1.807) is 0 Å². The normalized spacial score (nSPS) is 17.4. The van der Waals surface area contributed by atoms with Gasteiger partial charge in [-0.15, -0.1) is 24.0 Å². The van der Waals surface area contributed by atoms with Crippen LogP contribution >= 0.6 is 24.0 Å². The minimum Gasteiger partial charge on any atom is -0.355 e. The van der Waals surface area contributed by atoms with Crippen LogP contribution in [0.3, 0.4) is 0 Å². The van der Waals surface area contributed by atoms with E-state index in [0.29, 0.717) is 6.54 Å². The molecule has 0 spiro atoms. The number of hydrogen-bond acceptors (Lipinski definition) is 2. The van der Waals surface area contributed by atoms with Crippen molar-refractivity contribution in [2.75, 3.05) is 33.7 Å². The molecule has 1 N–H and O–H groups in total. The molecule has 0 radical (unpaired) electrons. The molecule has 1 aromatic rings. The Kier molecular flexibility index (Phi) is 7.93. The minimum atomic E-state index is -0.195. The third kappa shape index (κ3) is 6.73. The molecule has 0 unspecified atom stereocenters.